The molecule has 0 aliphatic rings. The molecular weight excluding hydrogens is 310 g/mol. The maximum Gasteiger partial charge on any atom is 0.318 e. The van der Waals surface area contributed by atoms with Crippen LogP contribution in [0, 0.1) is 0 Å². The fraction of sp³-hybridized carbons (Fsp3) is 0.333. The lowest BCUT2D eigenvalue weighted by Gasteiger charge is -2.10. The SMILES string of the molecule is CC(Sc1nncn1CCc1cccs1)C(=O)NC(N)=O. The summed E-state index contributed by atoms with van der Waals surface area (Å²) in [5.74, 6) is -0.444. The summed E-state index contributed by atoms with van der Waals surface area (Å²) >= 11 is 2.94. The van der Waals surface area contributed by atoms with Crippen LogP contribution in [0.15, 0.2) is 29.0 Å². The van der Waals surface area contributed by atoms with Crippen molar-refractivity contribution in [1.29, 1.82) is 0 Å². The fourth-order valence-electron chi connectivity index (χ4n) is 1.61. The van der Waals surface area contributed by atoms with Crippen LogP contribution in [0.5, 0.6) is 0 Å². The van der Waals surface area contributed by atoms with Crippen molar-refractivity contribution in [2.24, 2.45) is 5.73 Å². The van der Waals surface area contributed by atoms with Gasteiger partial charge in [0.15, 0.2) is 5.16 Å². The zero-order valence-electron chi connectivity index (χ0n) is 11.4. The number of thioether (sulfide) groups is 1. The second kappa shape index (κ2) is 7.23. The summed E-state index contributed by atoms with van der Waals surface area (Å²) < 4.78 is 1.89. The Balaban J connectivity index is 1.93. The average molecular weight is 325 g/mol. The molecule has 2 rings (SSSR count). The quantitative estimate of drug-likeness (QED) is 0.778. The van der Waals surface area contributed by atoms with Crippen LogP contribution < -0.4 is 11.1 Å². The number of nitrogens with one attached hydrogen (secondary N) is 1. The maximum atomic E-state index is 11.6. The largest absolute Gasteiger partial charge is 0.351 e. The Morgan fingerprint density at radius 1 is 1.57 bits per heavy atom. The van der Waals surface area contributed by atoms with Crippen molar-refractivity contribution in [3.8, 4) is 0 Å². The van der Waals surface area contributed by atoms with Gasteiger partial charge < -0.3 is 10.3 Å². The molecule has 0 saturated carbocycles. The predicted octanol–water partition coefficient (Wildman–Crippen LogP) is 1.26. The molecule has 0 saturated heterocycles. The van der Waals surface area contributed by atoms with Crippen LogP contribution in [0.1, 0.15) is 11.8 Å². The number of carbonyl (C=O) groups is 2. The van der Waals surface area contributed by atoms with Crippen LogP contribution in [0.4, 0.5) is 4.79 Å². The molecule has 1 atom stereocenters. The van der Waals surface area contributed by atoms with Crippen LogP contribution in [0.2, 0.25) is 0 Å². The number of rotatable bonds is 6. The van der Waals surface area contributed by atoms with E-state index in [-0.39, 0.29) is 0 Å². The Bertz CT molecular complexity index is 611. The Kier molecular flexibility index (Phi) is 5.34. The van der Waals surface area contributed by atoms with E-state index in [9.17, 15) is 9.59 Å². The standard InChI is InChI=1S/C12H15N5O2S2/c1-8(10(18)15-11(13)19)21-12-16-14-7-17(12)5-4-9-3-2-6-20-9/h2-3,6-8H,4-5H2,1H3,(H3,13,15,18,19). The molecule has 112 valence electrons. The van der Waals surface area contributed by atoms with Gasteiger partial charge in [-0.1, -0.05) is 17.8 Å². The van der Waals surface area contributed by atoms with Gasteiger partial charge in [-0.05, 0) is 24.8 Å². The van der Waals surface area contributed by atoms with Crippen molar-refractivity contribution in [2.45, 2.75) is 30.3 Å². The Morgan fingerprint density at radius 2 is 2.38 bits per heavy atom. The van der Waals surface area contributed by atoms with E-state index in [4.69, 9.17) is 5.73 Å². The Morgan fingerprint density at radius 3 is 3.05 bits per heavy atom. The summed E-state index contributed by atoms with van der Waals surface area (Å²) in [5.41, 5.74) is 4.92. The second-order valence-corrected chi connectivity index (χ2v) is 6.59. The van der Waals surface area contributed by atoms with Crippen LogP contribution >= 0.6 is 23.1 Å². The van der Waals surface area contributed by atoms with Gasteiger partial charge in [-0.3, -0.25) is 10.1 Å². The molecule has 0 bridgehead atoms. The number of primary amides is 1. The summed E-state index contributed by atoms with van der Waals surface area (Å²) in [7, 11) is 0. The van der Waals surface area contributed by atoms with E-state index < -0.39 is 17.2 Å². The molecule has 0 radical (unpaired) electrons. The van der Waals surface area contributed by atoms with E-state index in [0.29, 0.717) is 5.16 Å². The number of nitrogens with zero attached hydrogens (tertiary/aromatic N) is 3. The minimum atomic E-state index is -0.855. The summed E-state index contributed by atoms with van der Waals surface area (Å²) in [6.07, 6.45) is 2.51. The highest BCUT2D eigenvalue weighted by molar-refractivity contribution is 8.00. The average Bonchev–Trinajstić information content (AvgIpc) is 3.06. The van der Waals surface area contributed by atoms with Crippen LogP contribution in [0.25, 0.3) is 0 Å². The maximum absolute atomic E-state index is 11.6. The molecule has 0 spiro atoms. The molecule has 3 amide bonds. The molecular formula is C12H15N5O2S2. The number of imide groups is 1. The van der Waals surface area contributed by atoms with Crippen molar-refractivity contribution in [2.75, 3.05) is 0 Å². The van der Waals surface area contributed by atoms with Crippen molar-refractivity contribution in [1.82, 2.24) is 20.1 Å². The molecule has 21 heavy (non-hydrogen) atoms. The van der Waals surface area contributed by atoms with E-state index >= 15 is 0 Å². The van der Waals surface area contributed by atoms with E-state index in [1.54, 1.807) is 24.6 Å². The minimum absolute atomic E-state index is 0.444. The van der Waals surface area contributed by atoms with Gasteiger partial charge in [0.05, 0.1) is 5.25 Å². The fourth-order valence-corrected chi connectivity index (χ4v) is 3.16. The molecule has 7 nitrogen and oxygen atoms in total. The first-order valence-electron chi connectivity index (χ1n) is 6.23. The van der Waals surface area contributed by atoms with E-state index in [1.165, 1.54) is 16.6 Å². The number of aryl methyl sites for hydroxylation is 2. The number of nitrogens with two attached hydrogens (primary N) is 1. The molecule has 0 aliphatic heterocycles. The van der Waals surface area contributed by atoms with Crippen LogP contribution in [0.3, 0.4) is 0 Å². The van der Waals surface area contributed by atoms with Crippen molar-refractivity contribution >= 4 is 35.0 Å². The Hall–Kier alpha value is -1.87. The molecule has 0 aliphatic carbocycles. The van der Waals surface area contributed by atoms with E-state index in [2.05, 4.69) is 21.6 Å². The second-order valence-electron chi connectivity index (χ2n) is 4.25. The summed E-state index contributed by atoms with van der Waals surface area (Å²) in [6.45, 7) is 2.42. The van der Waals surface area contributed by atoms with Gasteiger partial charge in [0, 0.05) is 11.4 Å². The highest BCUT2D eigenvalue weighted by Gasteiger charge is 2.18. The van der Waals surface area contributed by atoms with E-state index in [1.807, 2.05) is 16.0 Å². The van der Waals surface area contributed by atoms with Crippen molar-refractivity contribution < 1.29 is 9.59 Å². The number of urea groups is 1. The molecule has 0 fully saturated rings. The monoisotopic (exact) mass is 325 g/mol. The number of carbonyl (C=O) groups excluding carboxylic acids is 2. The van der Waals surface area contributed by atoms with Gasteiger partial charge in [0.25, 0.3) is 0 Å². The van der Waals surface area contributed by atoms with Crippen LogP contribution in [-0.2, 0) is 17.8 Å². The smallest absolute Gasteiger partial charge is 0.318 e. The van der Waals surface area contributed by atoms with Crippen LogP contribution in [-0.4, -0.2) is 32.0 Å². The summed E-state index contributed by atoms with van der Waals surface area (Å²) in [5, 5.41) is 12.1. The molecule has 9 heteroatoms. The minimum Gasteiger partial charge on any atom is -0.351 e. The lowest BCUT2D eigenvalue weighted by molar-refractivity contribution is -0.119. The Labute approximate surface area is 129 Å². The number of amides is 3. The van der Waals surface area contributed by atoms with Gasteiger partial charge in [-0.2, -0.15) is 0 Å². The third kappa shape index (κ3) is 4.57. The molecule has 2 aromatic heterocycles. The number of aromatic nitrogens is 3. The summed E-state index contributed by atoms with van der Waals surface area (Å²) in [4.78, 5) is 23.6. The highest BCUT2D eigenvalue weighted by atomic mass is 32.2. The first-order valence-corrected chi connectivity index (χ1v) is 7.99. The van der Waals surface area contributed by atoms with Gasteiger partial charge in [0.1, 0.15) is 6.33 Å². The third-order valence-corrected chi connectivity index (χ3v) is 4.69. The first kappa shape index (κ1) is 15.5. The van der Waals surface area contributed by atoms with Gasteiger partial charge in [-0.15, -0.1) is 21.5 Å². The number of thiophene rings is 1. The lowest BCUT2D eigenvalue weighted by Crippen LogP contribution is -2.39. The zero-order valence-corrected chi connectivity index (χ0v) is 13.0. The van der Waals surface area contributed by atoms with Gasteiger partial charge in [-0.25, -0.2) is 4.79 Å². The molecule has 1 unspecified atom stereocenters. The third-order valence-electron chi connectivity index (χ3n) is 2.66. The highest BCUT2D eigenvalue weighted by Crippen LogP contribution is 2.21. The first-order chi connectivity index (χ1) is 10.1. The summed E-state index contributed by atoms with van der Waals surface area (Å²) in [6, 6.07) is 3.23. The van der Waals surface area contributed by atoms with Gasteiger partial charge >= 0.3 is 6.03 Å². The number of hydrogen-bond acceptors (Lipinski definition) is 6. The van der Waals surface area contributed by atoms with Crippen molar-refractivity contribution in [3.63, 3.8) is 0 Å². The molecule has 0 aromatic carbocycles. The molecule has 3 N–H and O–H groups in total. The number of hydrogen-bond donors (Lipinski definition) is 2. The molecule has 2 heterocycles. The van der Waals surface area contributed by atoms with Gasteiger partial charge in [0.2, 0.25) is 5.91 Å². The van der Waals surface area contributed by atoms with E-state index in [0.717, 1.165) is 13.0 Å². The normalized spacial score (nSPS) is 12.0. The zero-order chi connectivity index (χ0) is 15.2. The lowest BCUT2D eigenvalue weighted by atomic mass is 10.3. The molecule has 2 aromatic rings. The topological polar surface area (TPSA) is 103 Å². The predicted molar refractivity (Wildman–Crippen MR) is 81.1 cm³/mol. The van der Waals surface area contributed by atoms with Crippen molar-refractivity contribution in [3.05, 3.63) is 28.7 Å².